The highest BCUT2D eigenvalue weighted by Crippen LogP contribution is 2.24. The van der Waals surface area contributed by atoms with Gasteiger partial charge >= 0.3 is 6.03 Å². The SMILES string of the molecule is O=C(N/N=C/c1ccc(-c2cccs2)cc1)NC(Cc1c[nH]c2ccccc12)C(=O)NCCc1ccccc1. The minimum atomic E-state index is -0.778. The number of rotatable bonds is 10. The van der Waals surface area contributed by atoms with Gasteiger partial charge in [-0.15, -0.1) is 11.3 Å². The molecule has 5 aromatic rings. The minimum Gasteiger partial charge on any atom is -0.361 e. The van der Waals surface area contributed by atoms with Crippen molar-refractivity contribution in [1.29, 1.82) is 0 Å². The lowest BCUT2D eigenvalue weighted by Crippen LogP contribution is -2.50. The molecule has 5 rings (SSSR count). The Labute approximate surface area is 231 Å². The van der Waals surface area contributed by atoms with Crippen LogP contribution in [-0.4, -0.2) is 35.7 Å². The standard InChI is InChI=1S/C31H29N5O2S/c37-30(32-17-16-22-7-2-1-3-8-22)28(19-25-21-33-27-10-5-4-9-26(25)27)35-31(38)36-34-20-23-12-14-24(15-13-23)29-11-6-18-39-29/h1-15,18,20-21,28,33H,16-17,19H2,(H,32,37)(H2,35,36,38)/b34-20+. The number of H-pyrrole nitrogens is 1. The largest absolute Gasteiger partial charge is 0.361 e. The summed E-state index contributed by atoms with van der Waals surface area (Å²) in [6.07, 6.45) is 4.50. The Hall–Kier alpha value is -4.69. The number of aromatic amines is 1. The van der Waals surface area contributed by atoms with Gasteiger partial charge in [-0.05, 0) is 46.2 Å². The number of urea groups is 1. The van der Waals surface area contributed by atoms with Crippen LogP contribution in [0.2, 0.25) is 0 Å². The predicted octanol–water partition coefficient (Wildman–Crippen LogP) is 5.50. The maximum atomic E-state index is 13.2. The van der Waals surface area contributed by atoms with E-state index in [9.17, 15) is 9.59 Å². The number of aromatic nitrogens is 1. The highest BCUT2D eigenvalue weighted by atomic mass is 32.1. The third-order valence-corrected chi connectivity index (χ3v) is 7.29. The molecule has 3 aromatic carbocycles. The Morgan fingerprint density at radius 1 is 0.923 bits per heavy atom. The van der Waals surface area contributed by atoms with Gasteiger partial charge in [-0.25, -0.2) is 10.2 Å². The molecule has 0 saturated heterocycles. The summed E-state index contributed by atoms with van der Waals surface area (Å²) in [7, 11) is 0. The van der Waals surface area contributed by atoms with Crippen molar-refractivity contribution in [2.24, 2.45) is 5.10 Å². The smallest absolute Gasteiger partial charge is 0.335 e. The molecule has 2 heterocycles. The number of hydrogen-bond acceptors (Lipinski definition) is 4. The first kappa shape index (κ1) is 25.9. The van der Waals surface area contributed by atoms with Crippen LogP contribution in [0.15, 0.2) is 108 Å². The molecule has 0 spiro atoms. The van der Waals surface area contributed by atoms with Gasteiger partial charge in [-0.2, -0.15) is 5.10 Å². The zero-order valence-corrected chi connectivity index (χ0v) is 22.1. The number of nitrogens with zero attached hydrogens (tertiary/aromatic N) is 1. The van der Waals surface area contributed by atoms with Crippen molar-refractivity contribution in [2.45, 2.75) is 18.9 Å². The van der Waals surface area contributed by atoms with Crippen LogP contribution >= 0.6 is 11.3 Å². The number of thiophene rings is 1. The number of fused-ring (bicyclic) bond motifs is 1. The summed E-state index contributed by atoms with van der Waals surface area (Å²) in [6.45, 7) is 0.468. The van der Waals surface area contributed by atoms with Crippen LogP contribution in [0.25, 0.3) is 21.3 Å². The van der Waals surface area contributed by atoms with Crippen molar-refractivity contribution in [3.63, 3.8) is 0 Å². The molecular formula is C31H29N5O2S. The Balaban J connectivity index is 1.21. The molecule has 7 nitrogen and oxygen atoms in total. The Morgan fingerprint density at radius 2 is 1.72 bits per heavy atom. The number of hydrazone groups is 1. The summed E-state index contributed by atoms with van der Waals surface area (Å²) >= 11 is 1.68. The molecule has 1 atom stereocenters. The summed E-state index contributed by atoms with van der Waals surface area (Å²) in [5.41, 5.74) is 7.54. The van der Waals surface area contributed by atoms with Crippen molar-refractivity contribution in [1.82, 2.24) is 21.0 Å². The molecule has 0 saturated carbocycles. The summed E-state index contributed by atoms with van der Waals surface area (Å²) in [5.74, 6) is -0.250. The minimum absolute atomic E-state index is 0.250. The van der Waals surface area contributed by atoms with Crippen molar-refractivity contribution in [3.8, 4) is 10.4 Å². The molecule has 0 radical (unpaired) electrons. The van der Waals surface area contributed by atoms with Gasteiger partial charge < -0.3 is 15.6 Å². The molecule has 0 aliphatic heterocycles. The number of hydrogen-bond donors (Lipinski definition) is 4. The topological polar surface area (TPSA) is 98.4 Å². The van der Waals surface area contributed by atoms with Crippen molar-refractivity contribution >= 4 is 40.4 Å². The summed E-state index contributed by atoms with van der Waals surface area (Å²) in [5, 5.41) is 12.9. The lowest BCUT2D eigenvalue weighted by atomic mass is 10.0. The van der Waals surface area contributed by atoms with E-state index in [1.54, 1.807) is 17.6 Å². The van der Waals surface area contributed by atoms with Gasteiger partial charge in [-0.1, -0.05) is 78.9 Å². The van der Waals surface area contributed by atoms with Gasteiger partial charge in [0.2, 0.25) is 5.91 Å². The highest BCUT2D eigenvalue weighted by molar-refractivity contribution is 7.13. The molecule has 0 bridgehead atoms. The second-order valence-corrected chi connectivity index (χ2v) is 10.0. The number of carbonyl (C=O) groups excluding carboxylic acids is 2. The van der Waals surface area contributed by atoms with Gasteiger partial charge in [0.15, 0.2) is 0 Å². The van der Waals surface area contributed by atoms with Crippen molar-refractivity contribution in [3.05, 3.63) is 119 Å². The van der Waals surface area contributed by atoms with E-state index in [2.05, 4.69) is 32.2 Å². The van der Waals surface area contributed by atoms with E-state index in [0.29, 0.717) is 19.4 Å². The van der Waals surface area contributed by atoms with E-state index < -0.39 is 12.1 Å². The van der Waals surface area contributed by atoms with Crippen molar-refractivity contribution in [2.75, 3.05) is 6.54 Å². The second kappa shape index (κ2) is 12.7. The van der Waals surface area contributed by atoms with Crippen LogP contribution in [-0.2, 0) is 17.6 Å². The third-order valence-electron chi connectivity index (χ3n) is 6.37. The van der Waals surface area contributed by atoms with Crippen LogP contribution < -0.4 is 16.1 Å². The maximum Gasteiger partial charge on any atom is 0.335 e. The number of carbonyl (C=O) groups is 2. The average Bonchev–Trinajstić information content (AvgIpc) is 3.65. The summed E-state index contributed by atoms with van der Waals surface area (Å²) in [4.78, 5) is 30.3. The number of nitrogens with one attached hydrogen (secondary N) is 4. The van der Waals surface area contributed by atoms with Gasteiger partial charge in [0.25, 0.3) is 0 Å². The van der Waals surface area contributed by atoms with Gasteiger partial charge in [-0.3, -0.25) is 4.79 Å². The van der Waals surface area contributed by atoms with E-state index in [1.807, 2.05) is 96.5 Å². The predicted molar refractivity (Wildman–Crippen MR) is 158 cm³/mol. The molecule has 3 amide bonds. The Kier molecular flexibility index (Phi) is 8.45. The first-order chi connectivity index (χ1) is 19.2. The number of para-hydroxylation sites is 1. The molecule has 39 heavy (non-hydrogen) atoms. The average molecular weight is 536 g/mol. The van der Waals surface area contributed by atoms with Gasteiger partial charge in [0.1, 0.15) is 6.04 Å². The first-order valence-corrected chi connectivity index (χ1v) is 13.6. The Morgan fingerprint density at radius 3 is 2.51 bits per heavy atom. The van der Waals surface area contributed by atoms with Gasteiger partial charge in [0.05, 0.1) is 6.21 Å². The van der Waals surface area contributed by atoms with E-state index in [1.165, 1.54) is 4.88 Å². The molecule has 0 aliphatic rings. The quantitative estimate of drug-likeness (QED) is 0.140. The molecule has 8 heteroatoms. The molecule has 4 N–H and O–H groups in total. The van der Waals surface area contributed by atoms with E-state index >= 15 is 0 Å². The zero-order valence-electron chi connectivity index (χ0n) is 21.3. The third kappa shape index (κ3) is 7.00. The molecule has 0 aliphatic carbocycles. The normalized spacial score (nSPS) is 11.9. The van der Waals surface area contributed by atoms with Crippen LogP contribution in [0.4, 0.5) is 4.79 Å². The first-order valence-electron chi connectivity index (χ1n) is 12.8. The molecular weight excluding hydrogens is 506 g/mol. The van der Waals surface area contributed by atoms with Crippen LogP contribution in [0, 0.1) is 0 Å². The second-order valence-electron chi connectivity index (χ2n) is 9.09. The summed E-state index contributed by atoms with van der Waals surface area (Å²) in [6, 6.07) is 28.5. The van der Waals surface area contributed by atoms with Crippen LogP contribution in [0.5, 0.6) is 0 Å². The van der Waals surface area contributed by atoms with E-state index in [4.69, 9.17) is 0 Å². The van der Waals surface area contributed by atoms with E-state index in [-0.39, 0.29) is 5.91 Å². The molecule has 0 fully saturated rings. The fourth-order valence-electron chi connectivity index (χ4n) is 4.36. The maximum absolute atomic E-state index is 13.2. The monoisotopic (exact) mass is 535 g/mol. The van der Waals surface area contributed by atoms with Crippen LogP contribution in [0.1, 0.15) is 16.7 Å². The highest BCUT2D eigenvalue weighted by Gasteiger charge is 2.22. The van der Waals surface area contributed by atoms with Crippen molar-refractivity contribution < 1.29 is 9.59 Å². The number of benzene rings is 3. The van der Waals surface area contributed by atoms with Gasteiger partial charge in [0, 0.05) is 34.9 Å². The zero-order chi connectivity index (χ0) is 26.9. The molecule has 2 aromatic heterocycles. The lowest BCUT2D eigenvalue weighted by Gasteiger charge is -2.18. The van der Waals surface area contributed by atoms with E-state index in [0.717, 1.165) is 33.2 Å². The fourth-order valence-corrected chi connectivity index (χ4v) is 5.09. The Bertz CT molecular complexity index is 1540. The fraction of sp³-hybridized carbons (Fsp3) is 0.129. The molecule has 196 valence electrons. The molecule has 1 unspecified atom stereocenters. The van der Waals surface area contributed by atoms with Crippen LogP contribution in [0.3, 0.4) is 0 Å². The summed E-state index contributed by atoms with van der Waals surface area (Å²) < 4.78 is 0. The number of amides is 3. The lowest BCUT2D eigenvalue weighted by molar-refractivity contribution is -0.122.